The van der Waals surface area contributed by atoms with E-state index in [1.807, 2.05) is 13.8 Å². The van der Waals surface area contributed by atoms with E-state index in [0.717, 1.165) is 0 Å². The third-order valence-electron chi connectivity index (χ3n) is 3.24. The number of sulfonamides is 1. The second-order valence-electron chi connectivity index (χ2n) is 5.93. The second-order valence-corrected chi connectivity index (χ2v) is 7.61. The molecule has 0 spiro atoms. The lowest BCUT2D eigenvalue weighted by molar-refractivity contribution is -0.123. The fraction of sp³-hybridized carbons (Fsp3) is 0.278. The van der Waals surface area contributed by atoms with Gasteiger partial charge >= 0.3 is 0 Å². The Kier molecular flexibility index (Phi) is 6.41. The van der Waals surface area contributed by atoms with Crippen molar-refractivity contribution in [2.75, 3.05) is 17.9 Å². The van der Waals surface area contributed by atoms with Gasteiger partial charge in [-0.3, -0.25) is 9.52 Å². The van der Waals surface area contributed by atoms with Gasteiger partial charge in [0.05, 0.1) is 4.90 Å². The Balaban J connectivity index is 1.94. The van der Waals surface area contributed by atoms with E-state index in [1.165, 1.54) is 24.3 Å². The minimum absolute atomic E-state index is 0.110. The van der Waals surface area contributed by atoms with Crippen molar-refractivity contribution in [1.82, 2.24) is 5.32 Å². The maximum atomic E-state index is 12.3. The van der Waals surface area contributed by atoms with Crippen LogP contribution in [-0.2, 0) is 14.8 Å². The Morgan fingerprint density at radius 2 is 1.68 bits per heavy atom. The minimum Gasteiger partial charge on any atom is -0.484 e. The molecule has 0 unspecified atom stereocenters. The van der Waals surface area contributed by atoms with Crippen molar-refractivity contribution in [3.05, 3.63) is 54.6 Å². The van der Waals surface area contributed by atoms with Gasteiger partial charge in [0.25, 0.3) is 15.9 Å². The Morgan fingerprint density at radius 3 is 2.28 bits per heavy atom. The molecule has 0 bridgehead atoms. The smallest absolute Gasteiger partial charge is 0.261 e. The van der Waals surface area contributed by atoms with Crippen LogP contribution in [0.25, 0.3) is 0 Å². The largest absolute Gasteiger partial charge is 0.484 e. The molecule has 0 atom stereocenters. The lowest BCUT2D eigenvalue weighted by Crippen LogP contribution is -2.31. The number of hydrogen-bond donors (Lipinski definition) is 2. The molecule has 0 aliphatic carbocycles. The molecule has 25 heavy (non-hydrogen) atoms. The number of benzene rings is 2. The lowest BCUT2D eigenvalue weighted by Gasteiger charge is -2.10. The number of carbonyl (C=O) groups excluding carboxylic acids is 1. The topological polar surface area (TPSA) is 84.5 Å². The molecule has 2 rings (SSSR count). The number of carbonyl (C=O) groups is 1. The summed E-state index contributed by atoms with van der Waals surface area (Å²) in [6, 6.07) is 14.6. The zero-order chi connectivity index (χ0) is 18.3. The van der Waals surface area contributed by atoms with Crippen LogP contribution in [0, 0.1) is 5.92 Å². The molecule has 7 heteroatoms. The Morgan fingerprint density at radius 1 is 1.04 bits per heavy atom. The molecule has 0 aromatic heterocycles. The van der Waals surface area contributed by atoms with Crippen molar-refractivity contribution in [1.29, 1.82) is 0 Å². The molecule has 134 valence electrons. The molecular formula is C18H22N2O4S. The summed E-state index contributed by atoms with van der Waals surface area (Å²) in [6.45, 7) is 4.49. The summed E-state index contributed by atoms with van der Waals surface area (Å²) >= 11 is 0. The second kappa shape index (κ2) is 8.53. The van der Waals surface area contributed by atoms with E-state index < -0.39 is 10.0 Å². The first-order valence-corrected chi connectivity index (χ1v) is 9.42. The molecule has 0 saturated carbocycles. The highest BCUT2D eigenvalue weighted by atomic mass is 32.2. The summed E-state index contributed by atoms with van der Waals surface area (Å²) in [4.78, 5) is 11.7. The summed E-state index contributed by atoms with van der Waals surface area (Å²) < 4.78 is 32.5. The van der Waals surface area contributed by atoms with Gasteiger partial charge in [-0.05, 0) is 42.3 Å². The highest BCUT2D eigenvalue weighted by Crippen LogP contribution is 2.19. The highest BCUT2D eigenvalue weighted by Gasteiger charge is 2.14. The van der Waals surface area contributed by atoms with Crippen LogP contribution in [0.5, 0.6) is 5.75 Å². The number of nitrogens with one attached hydrogen (secondary N) is 2. The van der Waals surface area contributed by atoms with E-state index >= 15 is 0 Å². The maximum absolute atomic E-state index is 12.3. The number of hydrogen-bond acceptors (Lipinski definition) is 4. The molecule has 0 radical (unpaired) electrons. The van der Waals surface area contributed by atoms with Gasteiger partial charge < -0.3 is 10.1 Å². The van der Waals surface area contributed by atoms with E-state index in [9.17, 15) is 13.2 Å². The summed E-state index contributed by atoms with van der Waals surface area (Å²) in [5, 5.41) is 2.75. The molecule has 0 aliphatic rings. The fourth-order valence-electron chi connectivity index (χ4n) is 1.95. The molecule has 0 saturated heterocycles. The van der Waals surface area contributed by atoms with E-state index in [1.54, 1.807) is 30.3 Å². The van der Waals surface area contributed by atoms with Crippen LogP contribution in [0.4, 0.5) is 5.69 Å². The molecule has 2 aromatic carbocycles. The van der Waals surface area contributed by atoms with Crippen molar-refractivity contribution in [2.24, 2.45) is 5.92 Å². The summed E-state index contributed by atoms with van der Waals surface area (Å²) in [7, 11) is -3.66. The Hall–Kier alpha value is -2.54. The fourth-order valence-corrected chi connectivity index (χ4v) is 3.01. The molecule has 2 N–H and O–H groups in total. The molecule has 0 heterocycles. The van der Waals surface area contributed by atoms with Gasteiger partial charge in [-0.2, -0.15) is 0 Å². The predicted molar refractivity (Wildman–Crippen MR) is 97.0 cm³/mol. The number of para-hydroxylation sites is 1. The van der Waals surface area contributed by atoms with Crippen LogP contribution in [0.15, 0.2) is 59.5 Å². The third-order valence-corrected chi connectivity index (χ3v) is 4.63. The van der Waals surface area contributed by atoms with Crippen LogP contribution in [0.2, 0.25) is 0 Å². The zero-order valence-electron chi connectivity index (χ0n) is 14.2. The average Bonchev–Trinajstić information content (AvgIpc) is 2.59. The van der Waals surface area contributed by atoms with Crippen LogP contribution in [0.1, 0.15) is 13.8 Å². The molecule has 2 aromatic rings. The zero-order valence-corrected chi connectivity index (χ0v) is 15.0. The van der Waals surface area contributed by atoms with Gasteiger partial charge in [0.1, 0.15) is 5.75 Å². The van der Waals surface area contributed by atoms with E-state index in [4.69, 9.17) is 4.74 Å². The number of amides is 1. The van der Waals surface area contributed by atoms with E-state index in [-0.39, 0.29) is 17.4 Å². The molecule has 6 nitrogen and oxygen atoms in total. The van der Waals surface area contributed by atoms with E-state index in [2.05, 4.69) is 10.0 Å². The van der Waals surface area contributed by atoms with Gasteiger partial charge in [0, 0.05) is 12.2 Å². The molecular weight excluding hydrogens is 340 g/mol. The number of rotatable bonds is 8. The van der Waals surface area contributed by atoms with Gasteiger partial charge in [0.2, 0.25) is 0 Å². The summed E-state index contributed by atoms with van der Waals surface area (Å²) in [5.41, 5.74) is 0.490. The van der Waals surface area contributed by atoms with Gasteiger partial charge in [-0.15, -0.1) is 0 Å². The Labute approximate surface area is 148 Å². The molecule has 1 amide bonds. The maximum Gasteiger partial charge on any atom is 0.261 e. The van der Waals surface area contributed by atoms with E-state index in [0.29, 0.717) is 23.9 Å². The van der Waals surface area contributed by atoms with Crippen molar-refractivity contribution in [2.45, 2.75) is 18.7 Å². The predicted octanol–water partition coefficient (Wildman–Crippen LogP) is 2.64. The van der Waals surface area contributed by atoms with Crippen LogP contribution < -0.4 is 14.8 Å². The normalized spacial score (nSPS) is 11.2. The molecule has 0 aliphatic heterocycles. The monoisotopic (exact) mass is 362 g/mol. The standard InChI is InChI=1S/C18H22N2O4S/c1-14(2)12-19-18(21)13-24-16-8-10-17(11-9-16)25(22,23)20-15-6-4-3-5-7-15/h3-11,14,20H,12-13H2,1-2H3,(H,19,21). The Bertz CT molecular complexity index is 788. The van der Waals surface area contributed by atoms with Crippen molar-refractivity contribution >= 4 is 21.6 Å². The minimum atomic E-state index is -3.66. The highest BCUT2D eigenvalue weighted by molar-refractivity contribution is 7.92. The average molecular weight is 362 g/mol. The first-order chi connectivity index (χ1) is 11.9. The van der Waals surface area contributed by atoms with Crippen molar-refractivity contribution in [3.8, 4) is 5.75 Å². The van der Waals surface area contributed by atoms with Crippen LogP contribution in [-0.4, -0.2) is 27.5 Å². The summed E-state index contributed by atoms with van der Waals surface area (Å²) in [6.07, 6.45) is 0. The third kappa shape index (κ3) is 6.11. The van der Waals surface area contributed by atoms with Gasteiger partial charge in [-0.25, -0.2) is 8.42 Å². The van der Waals surface area contributed by atoms with Crippen LogP contribution in [0.3, 0.4) is 0 Å². The molecule has 0 fully saturated rings. The SMILES string of the molecule is CC(C)CNC(=O)COc1ccc(S(=O)(=O)Nc2ccccc2)cc1. The quantitative estimate of drug-likeness (QED) is 0.756. The van der Waals surface area contributed by atoms with Crippen molar-refractivity contribution < 1.29 is 17.9 Å². The van der Waals surface area contributed by atoms with Crippen LogP contribution >= 0.6 is 0 Å². The van der Waals surface area contributed by atoms with Gasteiger partial charge in [0.15, 0.2) is 6.61 Å². The van der Waals surface area contributed by atoms with Crippen molar-refractivity contribution in [3.63, 3.8) is 0 Å². The first kappa shape index (κ1) is 18.8. The summed E-state index contributed by atoms with van der Waals surface area (Å²) in [5.74, 6) is 0.583. The first-order valence-electron chi connectivity index (χ1n) is 7.94. The number of ether oxygens (including phenoxy) is 1. The lowest BCUT2D eigenvalue weighted by atomic mass is 10.2. The number of anilines is 1. The van der Waals surface area contributed by atoms with Gasteiger partial charge in [-0.1, -0.05) is 32.0 Å².